The summed E-state index contributed by atoms with van der Waals surface area (Å²) in [6.45, 7) is 1.46. The molecule has 2 saturated carbocycles. The standard InChI is InChI=1S/C23H21F4N5.C13H11F3N2O.C8H12FN5/c24-20-14-30-22(32-21(20)29-13-16-4-5-16)28-11-10-15-6-8-18(9-7-15)31-19-3-1-2-17(12-19)23(25,26)27;1-19-12-6-5-11(8-17-12)18-10-4-2-3-9(7-10)13(14,15)16;9-6-4-12-8(14-10)13-7(6)11-3-5-1-2-5/h1-3,6-12,14,16,31H,4-5,13H2,(H2,28,29,30,32);2-8,18H,1H3;4-5H,1-3,10H2,(H2,11,12,13,14)/b11-10+;;. The van der Waals surface area contributed by atoms with E-state index in [0.29, 0.717) is 47.0 Å². The molecular weight excluding hydrogens is 865 g/mol. The summed E-state index contributed by atoms with van der Waals surface area (Å²) in [7, 11) is 1.49. The molecule has 0 amide bonds. The lowest BCUT2D eigenvalue weighted by Gasteiger charge is -2.11. The SMILES string of the molecule is COc1ccc(Nc2cccc(C(F)(F)F)c2)cn1.Fc1cnc(N/C=C/c2ccc(Nc3cccc(C(F)(F)F)c3)cc2)nc1NCC1CC1.NNc1ncc(F)c(NCC2CC2)n1. The van der Waals surface area contributed by atoms with E-state index in [9.17, 15) is 35.1 Å². The first-order chi connectivity index (χ1) is 31.1. The van der Waals surface area contributed by atoms with Gasteiger partial charge in [0.2, 0.25) is 17.8 Å². The van der Waals surface area contributed by atoms with Gasteiger partial charge in [0.05, 0.1) is 42.5 Å². The smallest absolute Gasteiger partial charge is 0.416 e. The molecule has 3 aromatic heterocycles. The summed E-state index contributed by atoms with van der Waals surface area (Å²) in [5, 5.41) is 14.6. The van der Waals surface area contributed by atoms with Crippen LogP contribution in [0.5, 0.6) is 5.88 Å². The molecule has 0 saturated heterocycles. The van der Waals surface area contributed by atoms with Crippen molar-refractivity contribution in [2.24, 2.45) is 17.7 Å². The first-order valence-electron chi connectivity index (χ1n) is 20.1. The minimum absolute atomic E-state index is 0.174. The highest BCUT2D eigenvalue weighted by Gasteiger charge is 2.31. The number of hydrazine groups is 1. The highest BCUT2D eigenvalue weighted by Crippen LogP contribution is 2.33. The Hall–Kier alpha value is -7.29. The number of rotatable bonds is 15. The highest BCUT2D eigenvalue weighted by atomic mass is 19.4. The van der Waals surface area contributed by atoms with Crippen molar-refractivity contribution in [1.29, 1.82) is 0 Å². The fourth-order valence-corrected chi connectivity index (χ4v) is 5.59. The topological polar surface area (TPSA) is 172 Å². The van der Waals surface area contributed by atoms with Crippen LogP contribution in [0.3, 0.4) is 0 Å². The molecular formula is C44H44F8N12O. The number of nitrogen functional groups attached to an aromatic ring is 1. The summed E-state index contributed by atoms with van der Waals surface area (Å²) in [5.74, 6) is 6.72. The van der Waals surface area contributed by atoms with Crippen molar-refractivity contribution in [3.05, 3.63) is 138 Å². The largest absolute Gasteiger partial charge is 0.481 e. The maximum Gasteiger partial charge on any atom is 0.416 e. The molecule has 0 atom stereocenters. The Balaban J connectivity index is 0.000000179. The van der Waals surface area contributed by atoms with Crippen LogP contribution in [0.4, 0.5) is 81.4 Å². The number of halogens is 8. The number of nitrogens with zero attached hydrogens (tertiary/aromatic N) is 5. The van der Waals surface area contributed by atoms with Gasteiger partial charge < -0.3 is 31.3 Å². The Kier molecular flexibility index (Phi) is 15.9. The second-order valence-electron chi connectivity index (χ2n) is 14.7. The van der Waals surface area contributed by atoms with Crippen molar-refractivity contribution < 1.29 is 39.9 Å². The first-order valence-corrected chi connectivity index (χ1v) is 20.1. The zero-order valence-corrected chi connectivity index (χ0v) is 34.6. The number of hydrogen-bond donors (Lipinski definition) is 7. The van der Waals surface area contributed by atoms with Crippen LogP contribution in [0.1, 0.15) is 42.4 Å². The fourth-order valence-electron chi connectivity index (χ4n) is 5.59. The van der Waals surface area contributed by atoms with Gasteiger partial charge in [-0.15, -0.1) is 0 Å². The normalized spacial score (nSPS) is 13.4. The molecule has 13 nitrogen and oxygen atoms in total. The van der Waals surface area contributed by atoms with Crippen LogP contribution in [0.25, 0.3) is 6.08 Å². The number of anilines is 8. The van der Waals surface area contributed by atoms with Gasteiger partial charge in [-0.2, -0.15) is 36.3 Å². The van der Waals surface area contributed by atoms with Crippen molar-refractivity contribution >= 4 is 52.4 Å². The van der Waals surface area contributed by atoms with Crippen molar-refractivity contribution in [3.8, 4) is 5.88 Å². The average molecular weight is 909 g/mol. The van der Waals surface area contributed by atoms with Gasteiger partial charge >= 0.3 is 12.4 Å². The van der Waals surface area contributed by atoms with Crippen LogP contribution in [-0.4, -0.2) is 45.1 Å². The van der Waals surface area contributed by atoms with Gasteiger partial charge in [0.1, 0.15) is 0 Å². The predicted octanol–water partition coefficient (Wildman–Crippen LogP) is 10.9. The summed E-state index contributed by atoms with van der Waals surface area (Å²) in [6, 6.07) is 20.4. The lowest BCUT2D eigenvalue weighted by Crippen LogP contribution is -2.13. The van der Waals surface area contributed by atoms with E-state index in [1.807, 2.05) is 12.1 Å². The number of aromatic nitrogens is 5. The van der Waals surface area contributed by atoms with Crippen molar-refractivity contribution in [1.82, 2.24) is 24.9 Å². The maximum absolute atomic E-state index is 13.8. The Labute approximate surface area is 368 Å². The van der Waals surface area contributed by atoms with Crippen LogP contribution in [0.2, 0.25) is 0 Å². The quantitative estimate of drug-likeness (QED) is 0.0295. The third-order valence-electron chi connectivity index (χ3n) is 9.43. The van der Waals surface area contributed by atoms with E-state index in [-0.39, 0.29) is 23.5 Å². The van der Waals surface area contributed by atoms with E-state index in [4.69, 9.17) is 10.6 Å². The molecule has 0 spiro atoms. The molecule has 8 N–H and O–H groups in total. The minimum Gasteiger partial charge on any atom is -0.481 e. The van der Waals surface area contributed by atoms with E-state index in [0.717, 1.165) is 61.6 Å². The van der Waals surface area contributed by atoms with E-state index in [2.05, 4.69) is 56.9 Å². The third-order valence-corrected chi connectivity index (χ3v) is 9.43. The second kappa shape index (κ2) is 21.9. The van der Waals surface area contributed by atoms with Crippen molar-refractivity contribution in [2.75, 3.05) is 52.2 Å². The summed E-state index contributed by atoms with van der Waals surface area (Å²) < 4.78 is 108. The molecule has 0 bridgehead atoms. The van der Waals surface area contributed by atoms with Crippen LogP contribution in [-0.2, 0) is 12.4 Å². The number of pyridine rings is 1. The van der Waals surface area contributed by atoms with Crippen LogP contribution >= 0.6 is 0 Å². The predicted molar refractivity (Wildman–Crippen MR) is 234 cm³/mol. The number of nitrogens with two attached hydrogens (primary N) is 1. The lowest BCUT2D eigenvalue weighted by atomic mass is 10.1. The second-order valence-corrected chi connectivity index (χ2v) is 14.7. The summed E-state index contributed by atoms with van der Waals surface area (Å²) in [5.41, 5.74) is 3.65. The minimum atomic E-state index is -4.39. The molecule has 2 aliphatic carbocycles. The molecule has 65 heavy (non-hydrogen) atoms. The molecule has 0 aliphatic heterocycles. The van der Waals surface area contributed by atoms with Gasteiger partial charge in [-0.05, 0) is 104 Å². The molecule has 3 heterocycles. The van der Waals surface area contributed by atoms with E-state index in [1.54, 1.807) is 48.7 Å². The summed E-state index contributed by atoms with van der Waals surface area (Å²) in [6.07, 6.45) is 3.10. The number of ether oxygens (including phenoxy) is 1. The van der Waals surface area contributed by atoms with Gasteiger partial charge in [-0.25, -0.2) is 29.6 Å². The van der Waals surface area contributed by atoms with Gasteiger partial charge in [-0.3, -0.25) is 5.43 Å². The number of hydrogen-bond acceptors (Lipinski definition) is 13. The van der Waals surface area contributed by atoms with Gasteiger partial charge in [0.25, 0.3) is 0 Å². The van der Waals surface area contributed by atoms with Crippen molar-refractivity contribution in [2.45, 2.75) is 38.0 Å². The van der Waals surface area contributed by atoms with Gasteiger partial charge in [0, 0.05) is 42.4 Å². The molecule has 2 aliphatic rings. The summed E-state index contributed by atoms with van der Waals surface area (Å²) in [4.78, 5) is 19.5. The fraction of sp³-hybridized carbons (Fsp3) is 0.250. The molecule has 2 fully saturated rings. The highest BCUT2D eigenvalue weighted by molar-refractivity contribution is 5.64. The molecule has 0 radical (unpaired) electrons. The van der Waals surface area contributed by atoms with Gasteiger partial charge in [-0.1, -0.05) is 24.3 Å². The zero-order chi connectivity index (χ0) is 46.4. The number of alkyl halides is 6. The van der Waals surface area contributed by atoms with Crippen LogP contribution in [0.15, 0.2) is 110 Å². The average Bonchev–Trinajstić information content (AvgIpc) is 4.24. The van der Waals surface area contributed by atoms with E-state index < -0.39 is 35.1 Å². The monoisotopic (exact) mass is 908 g/mol. The molecule has 3 aromatic carbocycles. The molecule has 0 unspecified atom stereocenters. The number of methoxy groups -OCH3 is 1. The Morgan fingerprint density at radius 2 is 1.14 bits per heavy atom. The molecule has 342 valence electrons. The van der Waals surface area contributed by atoms with E-state index in [1.165, 1.54) is 38.3 Å². The third kappa shape index (κ3) is 15.5. The maximum atomic E-state index is 13.8. The Bertz CT molecular complexity index is 2480. The van der Waals surface area contributed by atoms with Crippen LogP contribution in [0, 0.1) is 23.5 Å². The molecule has 8 rings (SSSR count). The first kappa shape index (κ1) is 47.2. The Morgan fingerprint density at radius 3 is 1.62 bits per heavy atom. The Morgan fingerprint density at radius 1 is 0.631 bits per heavy atom. The summed E-state index contributed by atoms with van der Waals surface area (Å²) >= 11 is 0. The van der Waals surface area contributed by atoms with E-state index >= 15 is 0 Å². The van der Waals surface area contributed by atoms with Crippen molar-refractivity contribution in [3.63, 3.8) is 0 Å². The lowest BCUT2D eigenvalue weighted by molar-refractivity contribution is -0.138. The zero-order valence-electron chi connectivity index (χ0n) is 34.6. The van der Waals surface area contributed by atoms with Crippen LogP contribution < -0.4 is 42.6 Å². The molecule has 6 aromatic rings. The molecule has 21 heteroatoms. The number of benzene rings is 3. The van der Waals surface area contributed by atoms with Gasteiger partial charge in [0.15, 0.2) is 23.3 Å². The number of nitrogens with one attached hydrogen (secondary N) is 6.